The van der Waals surface area contributed by atoms with Crippen LogP contribution in [0.5, 0.6) is 11.5 Å². The van der Waals surface area contributed by atoms with E-state index in [1.165, 1.54) is 29.4 Å². The average Bonchev–Trinajstić information content (AvgIpc) is 3.15. The maximum Gasteiger partial charge on any atom is 0.143 e. The summed E-state index contributed by atoms with van der Waals surface area (Å²) >= 11 is 0. The third-order valence-electron chi connectivity index (χ3n) is 5.88. The van der Waals surface area contributed by atoms with E-state index in [9.17, 15) is 0 Å². The molecule has 1 aromatic heterocycles. The van der Waals surface area contributed by atoms with E-state index in [0.717, 1.165) is 52.4 Å². The van der Waals surface area contributed by atoms with Gasteiger partial charge in [0.05, 0.1) is 14.2 Å². The SMILES string of the molecule is COc1ccc(-c2oc3cc4c(cc3c2-c2ccc(OC)cc2)CCCC4)cc1. The molecule has 1 aliphatic rings. The lowest BCUT2D eigenvalue weighted by Crippen LogP contribution is -2.01. The zero-order chi connectivity index (χ0) is 19.8. The number of furan rings is 1. The second-order valence-electron chi connectivity index (χ2n) is 7.59. The maximum absolute atomic E-state index is 6.46. The smallest absolute Gasteiger partial charge is 0.143 e. The minimum absolute atomic E-state index is 0.839. The zero-order valence-corrected chi connectivity index (χ0v) is 16.8. The monoisotopic (exact) mass is 384 g/mol. The van der Waals surface area contributed by atoms with Crippen LogP contribution in [0, 0.1) is 0 Å². The molecule has 0 N–H and O–H groups in total. The van der Waals surface area contributed by atoms with Gasteiger partial charge in [0.15, 0.2) is 0 Å². The fraction of sp³-hybridized carbons (Fsp3) is 0.231. The molecule has 0 atom stereocenters. The Bertz CT molecular complexity index is 1150. The molecular weight excluding hydrogens is 360 g/mol. The second-order valence-corrected chi connectivity index (χ2v) is 7.59. The van der Waals surface area contributed by atoms with Crippen molar-refractivity contribution in [1.82, 2.24) is 0 Å². The van der Waals surface area contributed by atoms with Gasteiger partial charge in [-0.3, -0.25) is 0 Å². The first kappa shape index (κ1) is 17.9. The molecule has 3 aromatic carbocycles. The Morgan fingerprint density at radius 3 is 1.83 bits per heavy atom. The summed E-state index contributed by atoms with van der Waals surface area (Å²) in [6, 6.07) is 20.9. The van der Waals surface area contributed by atoms with E-state index in [4.69, 9.17) is 13.9 Å². The Kier molecular flexibility index (Phi) is 4.51. The van der Waals surface area contributed by atoms with Gasteiger partial charge in [0.25, 0.3) is 0 Å². The van der Waals surface area contributed by atoms with Crippen molar-refractivity contribution in [3.05, 3.63) is 71.8 Å². The quantitative estimate of drug-likeness (QED) is 0.394. The Morgan fingerprint density at radius 1 is 0.690 bits per heavy atom. The van der Waals surface area contributed by atoms with Crippen LogP contribution in [0.2, 0.25) is 0 Å². The number of hydrogen-bond donors (Lipinski definition) is 0. The van der Waals surface area contributed by atoms with E-state index in [0.29, 0.717) is 0 Å². The summed E-state index contributed by atoms with van der Waals surface area (Å²) in [5.74, 6) is 2.59. The van der Waals surface area contributed by atoms with E-state index < -0.39 is 0 Å². The number of hydrogen-bond acceptors (Lipinski definition) is 3. The molecule has 3 heteroatoms. The first-order chi connectivity index (χ1) is 14.3. The Morgan fingerprint density at radius 2 is 1.24 bits per heavy atom. The van der Waals surface area contributed by atoms with Crippen LogP contribution < -0.4 is 9.47 Å². The normalized spacial score (nSPS) is 13.3. The van der Waals surface area contributed by atoms with E-state index in [2.05, 4.69) is 36.4 Å². The van der Waals surface area contributed by atoms with Crippen LogP contribution >= 0.6 is 0 Å². The van der Waals surface area contributed by atoms with Gasteiger partial charge in [0, 0.05) is 16.5 Å². The maximum atomic E-state index is 6.46. The van der Waals surface area contributed by atoms with Gasteiger partial charge < -0.3 is 13.9 Å². The van der Waals surface area contributed by atoms with Gasteiger partial charge >= 0.3 is 0 Å². The van der Waals surface area contributed by atoms with Crippen LogP contribution in [0.15, 0.2) is 65.1 Å². The summed E-state index contributed by atoms with van der Waals surface area (Å²) in [6.07, 6.45) is 4.81. The number of aryl methyl sites for hydroxylation is 2. The van der Waals surface area contributed by atoms with Crippen molar-refractivity contribution in [2.75, 3.05) is 14.2 Å². The summed E-state index contributed by atoms with van der Waals surface area (Å²) in [4.78, 5) is 0. The van der Waals surface area contributed by atoms with E-state index >= 15 is 0 Å². The molecule has 146 valence electrons. The molecule has 0 spiro atoms. The highest BCUT2D eigenvalue weighted by atomic mass is 16.5. The highest BCUT2D eigenvalue weighted by Crippen LogP contribution is 2.43. The molecule has 29 heavy (non-hydrogen) atoms. The van der Waals surface area contributed by atoms with E-state index in [1.54, 1.807) is 14.2 Å². The zero-order valence-electron chi connectivity index (χ0n) is 16.8. The number of rotatable bonds is 4. The molecule has 4 aromatic rings. The standard InChI is InChI=1S/C26H24O3/c1-27-21-11-7-17(8-12-21)25-23-15-19-5-3-4-6-20(19)16-24(23)29-26(25)18-9-13-22(28-2)14-10-18/h7-16H,3-6H2,1-2H3. The molecule has 1 aliphatic carbocycles. The number of ether oxygens (including phenoxy) is 2. The summed E-state index contributed by atoms with van der Waals surface area (Å²) in [5.41, 5.74) is 7.17. The third kappa shape index (κ3) is 3.17. The van der Waals surface area contributed by atoms with E-state index in [1.807, 2.05) is 24.3 Å². The number of benzene rings is 3. The van der Waals surface area contributed by atoms with Crippen LogP contribution in [0.1, 0.15) is 24.0 Å². The molecule has 5 rings (SSSR count). The van der Waals surface area contributed by atoms with E-state index in [-0.39, 0.29) is 0 Å². The lowest BCUT2D eigenvalue weighted by molar-refractivity contribution is 0.414. The molecule has 0 saturated heterocycles. The Hall–Kier alpha value is -3.20. The van der Waals surface area contributed by atoms with Crippen molar-refractivity contribution in [2.24, 2.45) is 0 Å². The van der Waals surface area contributed by atoms with Crippen molar-refractivity contribution < 1.29 is 13.9 Å². The van der Waals surface area contributed by atoms with Crippen LogP contribution in [0.25, 0.3) is 33.4 Å². The molecule has 0 bridgehead atoms. The van der Waals surface area contributed by atoms with Gasteiger partial charge in [-0.2, -0.15) is 0 Å². The van der Waals surface area contributed by atoms with Crippen LogP contribution in [0.4, 0.5) is 0 Å². The van der Waals surface area contributed by atoms with Crippen LogP contribution in [0.3, 0.4) is 0 Å². The highest BCUT2D eigenvalue weighted by Gasteiger charge is 2.21. The summed E-state index contributed by atoms with van der Waals surface area (Å²) < 4.78 is 17.1. The lowest BCUT2D eigenvalue weighted by Gasteiger charge is -2.15. The number of fused-ring (bicyclic) bond motifs is 2. The number of methoxy groups -OCH3 is 2. The fourth-order valence-corrected chi connectivity index (χ4v) is 4.32. The molecule has 3 nitrogen and oxygen atoms in total. The topological polar surface area (TPSA) is 31.6 Å². The van der Waals surface area contributed by atoms with Crippen molar-refractivity contribution in [2.45, 2.75) is 25.7 Å². The molecule has 0 aliphatic heterocycles. The largest absolute Gasteiger partial charge is 0.497 e. The highest BCUT2D eigenvalue weighted by molar-refractivity contribution is 6.02. The fourth-order valence-electron chi connectivity index (χ4n) is 4.32. The molecule has 0 radical (unpaired) electrons. The van der Waals surface area contributed by atoms with Gasteiger partial charge in [-0.15, -0.1) is 0 Å². The summed E-state index contributed by atoms with van der Waals surface area (Å²) in [5, 5.41) is 1.18. The molecule has 0 amide bonds. The Labute approximate surface area is 170 Å². The molecule has 0 unspecified atom stereocenters. The van der Waals surface area contributed by atoms with Crippen LogP contribution in [-0.2, 0) is 12.8 Å². The summed E-state index contributed by atoms with van der Waals surface area (Å²) in [6.45, 7) is 0. The minimum atomic E-state index is 0.839. The second kappa shape index (κ2) is 7.32. The Balaban J connectivity index is 1.75. The van der Waals surface area contributed by atoms with Gasteiger partial charge in [-0.25, -0.2) is 0 Å². The predicted molar refractivity (Wildman–Crippen MR) is 117 cm³/mol. The van der Waals surface area contributed by atoms with Crippen molar-refractivity contribution in [1.29, 1.82) is 0 Å². The van der Waals surface area contributed by atoms with Crippen molar-refractivity contribution in [3.63, 3.8) is 0 Å². The van der Waals surface area contributed by atoms with Crippen molar-refractivity contribution >= 4 is 11.0 Å². The van der Waals surface area contributed by atoms with Gasteiger partial charge in [-0.1, -0.05) is 12.1 Å². The minimum Gasteiger partial charge on any atom is -0.497 e. The molecule has 0 saturated carbocycles. The third-order valence-corrected chi connectivity index (χ3v) is 5.88. The molecular formula is C26H24O3. The first-order valence-electron chi connectivity index (χ1n) is 10.1. The first-order valence-corrected chi connectivity index (χ1v) is 10.1. The predicted octanol–water partition coefficient (Wildman–Crippen LogP) is 6.66. The van der Waals surface area contributed by atoms with Crippen molar-refractivity contribution in [3.8, 4) is 33.9 Å². The van der Waals surface area contributed by atoms with Gasteiger partial charge in [-0.05, 0) is 90.9 Å². The van der Waals surface area contributed by atoms with Gasteiger partial charge in [0.2, 0.25) is 0 Å². The molecule has 1 heterocycles. The lowest BCUT2D eigenvalue weighted by atomic mass is 9.89. The summed E-state index contributed by atoms with van der Waals surface area (Å²) in [7, 11) is 3.38. The average molecular weight is 384 g/mol. The molecule has 0 fully saturated rings. The van der Waals surface area contributed by atoms with Crippen LogP contribution in [-0.4, -0.2) is 14.2 Å². The van der Waals surface area contributed by atoms with Gasteiger partial charge in [0.1, 0.15) is 22.8 Å².